The van der Waals surface area contributed by atoms with Gasteiger partial charge in [-0.25, -0.2) is 0 Å². The van der Waals surface area contributed by atoms with Crippen molar-refractivity contribution in [3.8, 4) is 55.9 Å². The molecule has 0 aliphatic carbocycles. The summed E-state index contributed by atoms with van der Waals surface area (Å²) in [6.07, 6.45) is 3.88. The van der Waals surface area contributed by atoms with Crippen LogP contribution in [0.4, 0.5) is 4.39 Å². The molecule has 0 aliphatic heterocycles. The number of fused-ring (bicyclic) bond motifs is 3. The molecule has 0 spiro atoms. The Kier molecular flexibility index (Phi) is 12.6. The monoisotopic (exact) mass is 1010 g/mol. The first kappa shape index (κ1) is 41.7. The summed E-state index contributed by atoms with van der Waals surface area (Å²) in [6, 6.07) is 55.3. The summed E-state index contributed by atoms with van der Waals surface area (Å²) in [5, 5.41) is 2.19. The van der Waals surface area contributed by atoms with E-state index in [1.165, 1.54) is 32.7 Å². The topological polar surface area (TPSA) is 38.9 Å². The van der Waals surface area contributed by atoms with Gasteiger partial charge in [-0.2, -0.15) is 0 Å². The van der Waals surface area contributed by atoms with E-state index in [4.69, 9.17) is 4.42 Å². The zero-order chi connectivity index (χ0) is 40.4. The molecule has 0 bridgehead atoms. The second kappa shape index (κ2) is 17.8. The van der Waals surface area contributed by atoms with Crippen LogP contribution in [-0.2, 0) is 20.1 Å². The molecule has 6 heteroatoms. The minimum Gasteiger partial charge on any atom is 0 e. The smallest absolute Gasteiger partial charge is 0 e. The summed E-state index contributed by atoms with van der Waals surface area (Å²) < 4.78 is 22.1. The number of benzene rings is 6. The van der Waals surface area contributed by atoms with Gasteiger partial charge in [0.2, 0.25) is 0 Å². The van der Waals surface area contributed by atoms with E-state index in [9.17, 15) is 4.39 Å². The van der Waals surface area contributed by atoms with E-state index < -0.39 is 13.3 Å². The summed E-state index contributed by atoms with van der Waals surface area (Å²) in [6.45, 7) is 6.53. The number of aryl methyl sites for hydroxylation is 1. The molecule has 0 saturated carbocycles. The number of nitrogens with zero attached hydrogens (tertiary/aromatic N) is 2. The van der Waals surface area contributed by atoms with Crippen molar-refractivity contribution >= 4 is 39.6 Å². The van der Waals surface area contributed by atoms with Crippen LogP contribution < -0.4 is 4.40 Å². The molecule has 0 atom stereocenters. The number of rotatable bonds is 7. The van der Waals surface area contributed by atoms with Gasteiger partial charge in [0.25, 0.3) is 0 Å². The second-order valence-corrected chi connectivity index (χ2v) is 26.7. The van der Waals surface area contributed by atoms with Crippen LogP contribution in [0.3, 0.4) is 0 Å². The molecule has 0 saturated heterocycles. The first-order valence-electron chi connectivity index (χ1n) is 19.8. The normalized spacial score (nSPS) is 11.3. The molecule has 3 aromatic heterocycles. The van der Waals surface area contributed by atoms with Crippen molar-refractivity contribution in [2.75, 3.05) is 0 Å². The van der Waals surface area contributed by atoms with Crippen molar-refractivity contribution in [1.82, 2.24) is 9.97 Å². The van der Waals surface area contributed by atoms with Crippen LogP contribution in [0.5, 0.6) is 0 Å². The Morgan fingerprint density at radius 1 is 0.644 bits per heavy atom. The standard InChI is InChI=1S/C32H24NO.C21H21FGeN.Ir/c1-21(2)24-15-16-33-29(18-24)25-13-14-27-30(19-25)34-31-20-26(22-9-5-3-6-10-22)17-28(32(27)31)23-11-7-4-8-12-23;1-15-12-21(24-14-20(15)23(2,3)4)17-10-11-19(22)18(13-17)16-8-6-5-7-9-16;/h3-18,20-21H,1-2H3;5-9,11-14H,1-4H3;/q2*-1;. The number of aromatic nitrogens is 2. The number of furan rings is 1. The zero-order valence-corrected chi connectivity index (χ0v) is 38.6. The number of hydrogen-bond acceptors (Lipinski definition) is 3. The van der Waals surface area contributed by atoms with Gasteiger partial charge in [-0.05, 0) is 57.5 Å². The van der Waals surface area contributed by atoms with E-state index >= 15 is 0 Å². The van der Waals surface area contributed by atoms with Crippen molar-refractivity contribution < 1.29 is 28.9 Å². The third kappa shape index (κ3) is 9.09. The first-order chi connectivity index (χ1) is 28.0. The molecule has 295 valence electrons. The molecule has 9 rings (SSSR count). The molecular weight excluding hydrogens is 964 g/mol. The van der Waals surface area contributed by atoms with E-state index in [0.29, 0.717) is 11.5 Å². The molecule has 3 heterocycles. The molecule has 59 heavy (non-hydrogen) atoms. The largest absolute Gasteiger partial charge is 0 e. The van der Waals surface area contributed by atoms with Gasteiger partial charge in [-0.1, -0.05) is 97.6 Å². The van der Waals surface area contributed by atoms with Gasteiger partial charge in [0.05, 0.1) is 5.58 Å². The Morgan fingerprint density at radius 3 is 1.90 bits per heavy atom. The third-order valence-electron chi connectivity index (χ3n) is 10.6. The summed E-state index contributed by atoms with van der Waals surface area (Å²) in [7, 11) is 0. The quantitative estimate of drug-likeness (QED) is 0.118. The van der Waals surface area contributed by atoms with Gasteiger partial charge in [-0.3, -0.25) is 0 Å². The van der Waals surface area contributed by atoms with Crippen molar-refractivity contribution in [2.24, 2.45) is 0 Å². The van der Waals surface area contributed by atoms with Crippen LogP contribution in [0.15, 0.2) is 162 Å². The maximum absolute atomic E-state index is 14.2. The molecular formula is C53H45FGeIrN2O-2. The maximum atomic E-state index is 14.2. The summed E-state index contributed by atoms with van der Waals surface area (Å²) >= 11 is -1.92. The van der Waals surface area contributed by atoms with Gasteiger partial charge in [-0.15, -0.1) is 17.7 Å². The van der Waals surface area contributed by atoms with Crippen LogP contribution in [0.25, 0.3) is 77.8 Å². The SMILES string of the molecule is CC(C)c1ccnc(-c2[c-]c3oc4cc(-c5ccccc5)cc(-c5ccccc5)c4c3cc2)c1.Cc1cc(-c2[c-]cc(F)c(-c3ccccc3)c2)nc[c]1[Ge]([CH3])([CH3])[CH3].[Ir]. The summed E-state index contributed by atoms with van der Waals surface area (Å²) in [4.78, 5) is 9.23. The Balaban J connectivity index is 0.000000187. The van der Waals surface area contributed by atoms with Crippen molar-refractivity contribution in [3.63, 3.8) is 0 Å². The molecule has 1 radical (unpaired) electrons. The predicted molar refractivity (Wildman–Crippen MR) is 242 cm³/mol. The molecule has 0 fully saturated rings. The van der Waals surface area contributed by atoms with E-state index in [1.54, 1.807) is 0 Å². The maximum Gasteiger partial charge on any atom is 0 e. The fraction of sp³-hybridized carbons (Fsp3) is 0.132. The van der Waals surface area contributed by atoms with Gasteiger partial charge < -0.3 is 9.40 Å². The predicted octanol–water partition coefficient (Wildman–Crippen LogP) is 14.1. The number of hydrogen-bond donors (Lipinski definition) is 0. The fourth-order valence-electron chi connectivity index (χ4n) is 7.53. The average Bonchev–Trinajstić information content (AvgIpc) is 3.62. The minimum absolute atomic E-state index is 0. The van der Waals surface area contributed by atoms with Crippen LogP contribution in [-0.4, -0.2) is 23.2 Å². The van der Waals surface area contributed by atoms with Crippen LogP contribution in [0.1, 0.15) is 30.9 Å². The first-order valence-corrected chi connectivity index (χ1v) is 27.1. The molecule has 9 aromatic rings. The Labute approximate surface area is 363 Å². The van der Waals surface area contributed by atoms with Crippen LogP contribution in [0.2, 0.25) is 17.3 Å². The van der Waals surface area contributed by atoms with E-state index in [1.807, 2.05) is 60.9 Å². The van der Waals surface area contributed by atoms with Gasteiger partial charge in [0.15, 0.2) is 0 Å². The van der Waals surface area contributed by atoms with E-state index in [-0.39, 0.29) is 25.9 Å². The van der Waals surface area contributed by atoms with Gasteiger partial charge in [0.1, 0.15) is 5.58 Å². The molecule has 0 unspecified atom stereocenters. The molecule has 6 aromatic carbocycles. The van der Waals surface area contributed by atoms with Gasteiger partial charge in [0, 0.05) is 26.3 Å². The Bertz CT molecular complexity index is 2870. The minimum atomic E-state index is -1.92. The third-order valence-corrected chi connectivity index (χ3v) is 15.1. The summed E-state index contributed by atoms with van der Waals surface area (Å²) in [5.74, 6) is 7.27. The zero-order valence-electron chi connectivity index (χ0n) is 34.1. The fourth-order valence-corrected chi connectivity index (χ4v) is 11.1. The molecule has 0 aliphatic rings. The Morgan fingerprint density at radius 2 is 1.27 bits per heavy atom. The average molecular weight is 1010 g/mol. The van der Waals surface area contributed by atoms with Crippen LogP contribution >= 0.6 is 0 Å². The molecule has 0 amide bonds. The van der Waals surface area contributed by atoms with Crippen molar-refractivity contribution in [2.45, 2.75) is 44.0 Å². The van der Waals surface area contributed by atoms with Gasteiger partial charge >= 0.3 is 146 Å². The number of pyridine rings is 2. The number of halogens is 1. The molecule has 0 N–H and O–H groups in total. The summed E-state index contributed by atoms with van der Waals surface area (Å²) in [5.41, 5.74) is 13.8. The molecule has 3 nitrogen and oxygen atoms in total. The second-order valence-electron chi connectivity index (χ2n) is 16.1. The van der Waals surface area contributed by atoms with E-state index in [0.717, 1.165) is 61.1 Å². The van der Waals surface area contributed by atoms with Crippen molar-refractivity contribution in [3.05, 3.63) is 187 Å². The Hall–Kier alpha value is -5.46. The van der Waals surface area contributed by atoms with Crippen molar-refractivity contribution in [1.29, 1.82) is 0 Å². The van der Waals surface area contributed by atoms with E-state index in [2.05, 4.69) is 151 Å². The van der Waals surface area contributed by atoms with Crippen LogP contribution in [0, 0.1) is 24.9 Å².